The van der Waals surface area contributed by atoms with Crippen LogP contribution in [0.3, 0.4) is 0 Å². The molecule has 6 nitrogen and oxygen atoms in total. The van der Waals surface area contributed by atoms with Crippen molar-refractivity contribution >= 4 is 27.3 Å². The maximum Gasteiger partial charge on any atom is 0.280 e. The molecule has 30 heavy (non-hydrogen) atoms. The van der Waals surface area contributed by atoms with Crippen LogP contribution in [0.4, 0.5) is 5.69 Å². The predicted octanol–water partition coefficient (Wildman–Crippen LogP) is 3.70. The number of hydrogen-bond acceptors (Lipinski definition) is 4. The maximum absolute atomic E-state index is 13.1. The van der Waals surface area contributed by atoms with Gasteiger partial charge >= 0.3 is 0 Å². The summed E-state index contributed by atoms with van der Waals surface area (Å²) in [4.78, 5) is 12.9. The lowest BCUT2D eigenvalue weighted by Gasteiger charge is -2.27. The van der Waals surface area contributed by atoms with E-state index in [2.05, 4.69) is 10.4 Å². The molecule has 3 aromatic rings. The third-order valence-electron chi connectivity index (χ3n) is 4.98. The number of hydrazone groups is 1. The van der Waals surface area contributed by atoms with Crippen molar-refractivity contribution in [3.63, 3.8) is 0 Å². The summed E-state index contributed by atoms with van der Waals surface area (Å²) in [5, 5.41) is 7.20. The summed E-state index contributed by atoms with van der Waals surface area (Å²) in [6.07, 6.45) is 0. The van der Waals surface area contributed by atoms with Crippen LogP contribution in [0.2, 0.25) is 0 Å². The number of benzene rings is 3. The number of rotatable bonds is 4. The number of aryl methyl sites for hydroxylation is 2. The number of anilines is 1. The van der Waals surface area contributed by atoms with Crippen LogP contribution < -0.4 is 5.32 Å². The number of fused-ring (bicyclic) bond motifs is 1. The van der Waals surface area contributed by atoms with Gasteiger partial charge in [-0.2, -0.15) is 17.9 Å². The predicted molar refractivity (Wildman–Crippen MR) is 117 cm³/mol. The zero-order valence-corrected chi connectivity index (χ0v) is 17.5. The van der Waals surface area contributed by atoms with E-state index in [0.29, 0.717) is 17.0 Å². The number of carbonyl (C=O) groups excluding carboxylic acids is 1. The summed E-state index contributed by atoms with van der Waals surface area (Å²) in [6.45, 7) is 3.37. The Kier molecular flexibility index (Phi) is 5.13. The van der Waals surface area contributed by atoms with Crippen LogP contribution in [0.1, 0.15) is 22.3 Å². The Hall–Kier alpha value is -3.45. The molecule has 0 saturated heterocycles. The minimum absolute atomic E-state index is 0.138. The fourth-order valence-electron chi connectivity index (χ4n) is 3.46. The molecular formula is C23H21N3O3S. The fraction of sp³-hybridized carbons (Fsp3) is 0.130. The van der Waals surface area contributed by atoms with Gasteiger partial charge in [-0.1, -0.05) is 66.7 Å². The molecule has 0 spiro atoms. The molecule has 1 N–H and O–H groups in total. The highest BCUT2D eigenvalue weighted by Gasteiger charge is 2.34. The lowest BCUT2D eigenvalue weighted by atomic mass is 10.0. The Balaban J connectivity index is 1.71. The lowest BCUT2D eigenvalue weighted by Crippen LogP contribution is -2.38. The van der Waals surface area contributed by atoms with Gasteiger partial charge in [-0.15, -0.1) is 0 Å². The molecule has 1 aliphatic heterocycles. The summed E-state index contributed by atoms with van der Waals surface area (Å²) in [5.74, 6) is -0.452. The van der Waals surface area contributed by atoms with Gasteiger partial charge in [0, 0.05) is 16.8 Å². The van der Waals surface area contributed by atoms with E-state index in [9.17, 15) is 13.2 Å². The highest BCUT2D eigenvalue weighted by atomic mass is 32.2. The van der Waals surface area contributed by atoms with E-state index < -0.39 is 22.5 Å². The normalized spacial score (nSPS) is 14.6. The first-order valence-electron chi connectivity index (χ1n) is 9.50. The van der Waals surface area contributed by atoms with Gasteiger partial charge < -0.3 is 5.32 Å². The second kappa shape index (κ2) is 7.76. The largest absolute Gasteiger partial charge is 0.324 e. The molecule has 0 unspecified atom stereocenters. The van der Waals surface area contributed by atoms with Crippen molar-refractivity contribution in [1.29, 1.82) is 0 Å². The summed E-state index contributed by atoms with van der Waals surface area (Å²) in [5.41, 5.74) is 4.31. The Morgan fingerprint density at radius 2 is 1.53 bits per heavy atom. The average Bonchev–Trinajstić information content (AvgIpc) is 2.74. The smallest absolute Gasteiger partial charge is 0.280 e. The van der Waals surface area contributed by atoms with E-state index in [0.717, 1.165) is 21.1 Å². The first-order valence-corrected chi connectivity index (χ1v) is 10.9. The molecule has 3 aromatic carbocycles. The van der Waals surface area contributed by atoms with E-state index in [1.807, 2.05) is 62.4 Å². The minimum Gasteiger partial charge on any atom is -0.324 e. The molecule has 0 atom stereocenters. The first-order chi connectivity index (χ1) is 14.4. The standard InChI is InChI=1S/C23H21N3O3S/c1-16-9-8-10-17(2)22(16)24-21(27)15-26-25-23(18-11-4-3-5-12-18)19-13-6-7-14-20(19)30(26,28)29/h3-14H,15H2,1-2H3,(H,24,27). The molecule has 0 aliphatic carbocycles. The minimum atomic E-state index is -3.95. The number of sulfonamides is 1. The van der Waals surface area contributed by atoms with E-state index in [1.165, 1.54) is 0 Å². The van der Waals surface area contributed by atoms with Gasteiger partial charge in [0.1, 0.15) is 12.3 Å². The summed E-state index contributed by atoms with van der Waals surface area (Å²) < 4.78 is 27.2. The van der Waals surface area contributed by atoms with Crippen LogP contribution in [-0.2, 0) is 14.8 Å². The van der Waals surface area contributed by atoms with E-state index in [1.54, 1.807) is 24.3 Å². The molecule has 0 saturated carbocycles. The van der Waals surface area contributed by atoms with Gasteiger partial charge in [0.05, 0.1) is 4.90 Å². The lowest BCUT2D eigenvalue weighted by molar-refractivity contribution is -0.116. The number of nitrogens with zero attached hydrogens (tertiary/aromatic N) is 2. The molecule has 0 bridgehead atoms. The summed E-state index contributed by atoms with van der Waals surface area (Å²) in [6, 6.07) is 21.7. The SMILES string of the molecule is Cc1cccc(C)c1NC(=O)CN1N=C(c2ccccc2)c2ccccc2S1(=O)=O. The molecule has 1 heterocycles. The van der Waals surface area contributed by atoms with Crippen LogP contribution in [-0.4, -0.2) is 31.0 Å². The molecule has 1 aliphatic rings. The van der Waals surface area contributed by atoms with Gasteiger partial charge in [-0.05, 0) is 31.0 Å². The van der Waals surface area contributed by atoms with E-state index in [-0.39, 0.29) is 4.90 Å². The van der Waals surface area contributed by atoms with Crippen LogP contribution in [0, 0.1) is 13.8 Å². The number of amides is 1. The van der Waals surface area contributed by atoms with Gasteiger partial charge in [0.15, 0.2) is 0 Å². The molecule has 152 valence electrons. The Labute approximate surface area is 175 Å². The maximum atomic E-state index is 13.1. The second-order valence-corrected chi connectivity index (χ2v) is 8.92. The molecule has 4 rings (SSSR count). The van der Waals surface area contributed by atoms with Crippen LogP contribution in [0.15, 0.2) is 82.8 Å². The van der Waals surface area contributed by atoms with Crippen molar-refractivity contribution < 1.29 is 13.2 Å². The highest BCUT2D eigenvalue weighted by Crippen LogP contribution is 2.29. The van der Waals surface area contributed by atoms with Crippen LogP contribution in [0.25, 0.3) is 0 Å². The van der Waals surface area contributed by atoms with Crippen molar-refractivity contribution in [2.24, 2.45) is 5.10 Å². The van der Waals surface area contributed by atoms with E-state index in [4.69, 9.17) is 0 Å². The number of nitrogens with one attached hydrogen (secondary N) is 1. The molecule has 1 amide bonds. The third kappa shape index (κ3) is 3.59. The number of carbonyl (C=O) groups is 1. The van der Waals surface area contributed by atoms with E-state index >= 15 is 0 Å². The van der Waals surface area contributed by atoms with Crippen LogP contribution >= 0.6 is 0 Å². The zero-order chi connectivity index (χ0) is 21.3. The molecule has 0 radical (unpaired) electrons. The van der Waals surface area contributed by atoms with Crippen molar-refractivity contribution in [3.05, 3.63) is 95.1 Å². The highest BCUT2D eigenvalue weighted by molar-refractivity contribution is 7.89. The number of hydrogen-bond donors (Lipinski definition) is 1. The van der Waals surface area contributed by atoms with Gasteiger partial charge in [0.25, 0.3) is 10.0 Å². The quantitative estimate of drug-likeness (QED) is 0.700. The zero-order valence-electron chi connectivity index (χ0n) is 16.7. The van der Waals surface area contributed by atoms with Gasteiger partial charge in [-0.25, -0.2) is 0 Å². The Morgan fingerprint density at radius 3 is 2.23 bits per heavy atom. The van der Waals surface area contributed by atoms with Crippen molar-refractivity contribution in [3.8, 4) is 0 Å². The molecule has 0 fully saturated rings. The van der Waals surface area contributed by atoms with Crippen molar-refractivity contribution in [2.75, 3.05) is 11.9 Å². The Morgan fingerprint density at radius 1 is 0.900 bits per heavy atom. The average molecular weight is 420 g/mol. The second-order valence-electron chi connectivity index (χ2n) is 7.11. The van der Waals surface area contributed by atoms with Crippen molar-refractivity contribution in [1.82, 2.24) is 4.41 Å². The van der Waals surface area contributed by atoms with Crippen LogP contribution in [0.5, 0.6) is 0 Å². The monoisotopic (exact) mass is 419 g/mol. The topological polar surface area (TPSA) is 78.8 Å². The molecular weight excluding hydrogens is 398 g/mol. The van der Waals surface area contributed by atoms with Gasteiger partial charge in [-0.3, -0.25) is 4.79 Å². The summed E-state index contributed by atoms with van der Waals surface area (Å²) >= 11 is 0. The Bertz CT molecular complexity index is 1230. The first kappa shape index (κ1) is 19.8. The molecule has 7 heteroatoms. The molecule has 0 aromatic heterocycles. The summed E-state index contributed by atoms with van der Waals surface area (Å²) in [7, 11) is -3.95. The van der Waals surface area contributed by atoms with Crippen molar-refractivity contribution in [2.45, 2.75) is 18.7 Å². The van der Waals surface area contributed by atoms with Gasteiger partial charge in [0.2, 0.25) is 5.91 Å². The third-order valence-corrected chi connectivity index (χ3v) is 6.66. The number of para-hydroxylation sites is 1. The fourth-order valence-corrected chi connectivity index (χ4v) is 4.86.